The van der Waals surface area contributed by atoms with E-state index < -0.39 is 54.3 Å². The Morgan fingerprint density at radius 2 is 1.77 bits per heavy atom. The molecule has 5 atom stereocenters. The smallest absolute Gasteiger partial charge is 0.342 e. The number of carboxylic acid groups (broad SMARTS) is 1. The summed E-state index contributed by atoms with van der Waals surface area (Å²) in [5, 5.41) is 19.7. The lowest BCUT2D eigenvalue weighted by Gasteiger charge is -2.41. The van der Waals surface area contributed by atoms with Gasteiger partial charge < -0.3 is 19.7 Å². The van der Waals surface area contributed by atoms with Crippen LogP contribution in [0.1, 0.15) is 84.5 Å². The molecule has 1 aliphatic heterocycles. The maximum atomic E-state index is 13.3. The fourth-order valence-corrected chi connectivity index (χ4v) is 6.05. The molecule has 218 valence electrons. The number of hydrogen-bond acceptors (Lipinski definition) is 8. The molecule has 1 heterocycles. The van der Waals surface area contributed by atoms with E-state index in [4.69, 9.17) is 14.6 Å². The van der Waals surface area contributed by atoms with E-state index in [1.54, 1.807) is 0 Å². The zero-order valence-corrected chi connectivity index (χ0v) is 23.3. The molecular weight excluding hydrogens is 516 g/mol. The Hall–Kier alpha value is -3.33. The number of aliphatic hydroxyl groups is 1. The van der Waals surface area contributed by atoms with Crippen molar-refractivity contribution in [3.8, 4) is 0 Å². The largest absolute Gasteiger partial charge is 0.481 e. The van der Waals surface area contributed by atoms with Gasteiger partial charge in [-0.1, -0.05) is 43.2 Å². The molecule has 0 amide bonds. The number of carboxylic acids is 1. The lowest BCUT2D eigenvalue weighted by molar-refractivity contribution is -0.159. The van der Waals surface area contributed by atoms with Crippen LogP contribution in [0.15, 0.2) is 47.1 Å². The number of aliphatic carboxylic acids is 1. The first kappa shape index (κ1) is 31.2. The molecule has 40 heavy (non-hydrogen) atoms. The summed E-state index contributed by atoms with van der Waals surface area (Å²) in [6.07, 6.45) is 12.6. The van der Waals surface area contributed by atoms with E-state index in [9.17, 15) is 29.1 Å². The number of hydrogen-bond donors (Lipinski definition) is 2. The van der Waals surface area contributed by atoms with Gasteiger partial charge in [-0.05, 0) is 76.2 Å². The van der Waals surface area contributed by atoms with Gasteiger partial charge in [0.25, 0.3) is 0 Å². The minimum atomic E-state index is -1.35. The Kier molecular flexibility index (Phi) is 11.6. The van der Waals surface area contributed by atoms with Crippen LogP contribution < -0.4 is 0 Å². The first-order valence-electron chi connectivity index (χ1n) is 14.2. The summed E-state index contributed by atoms with van der Waals surface area (Å²) in [5.74, 6) is -5.82. The standard InChI is InChI=1S/C31H40O9/c1-3-5-7-8-9-11-12-19-16-20-14-15-21-28(31(38)40-30(21)37)27(29(20)39-26(36)18-25(34)35)22(19)17-24(33)23(32)13-10-6-4-2/h3-6,16,19,22-23,27,29,32H,7-15,17-18H2,1-2H3,(H,34,35). The van der Waals surface area contributed by atoms with Gasteiger partial charge in [-0.25, -0.2) is 9.59 Å². The van der Waals surface area contributed by atoms with Crippen LogP contribution in [0, 0.1) is 17.8 Å². The summed E-state index contributed by atoms with van der Waals surface area (Å²) in [4.78, 5) is 62.5. The van der Waals surface area contributed by atoms with Crippen LogP contribution in [0.2, 0.25) is 0 Å². The molecule has 0 aromatic rings. The molecule has 0 spiro atoms. The molecule has 0 aromatic heterocycles. The van der Waals surface area contributed by atoms with Crippen molar-refractivity contribution in [3.63, 3.8) is 0 Å². The van der Waals surface area contributed by atoms with E-state index >= 15 is 0 Å². The predicted octanol–water partition coefficient (Wildman–Crippen LogP) is 4.54. The molecule has 3 rings (SSSR count). The van der Waals surface area contributed by atoms with Gasteiger partial charge in [0.15, 0.2) is 5.78 Å². The maximum Gasteiger partial charge on any atom is 0.342 e. The first-order valence-corrected chi connectivity index (χ1v) is 14.2. The second kappa shape index (κ2) is 14.9. The second-order valence-electron chi connectivity index (χ2n) is 10.7. The lowest BCUT2D eigenvalue weighted by atomic mass is 9.65. The van der Waals surface area contributed by atoms with Gasteiger partial charge >= 0.3 is 23.9 Å². The average Bonchev–Trinajstić information content (AvgIpc) is 3.11. The van der Waals surface area contributed by atoms with E-state index in [0.29, 0.717) is 19.3 Å². The summed E-state index contributed by atoms with van der Waals surface area (Å²) >= 11 is 0. The highest BCUT2D eigenvalue weighted by Crippen LogP contribution is 2.50. The average molecular weight is 557 g/mol. The van der Waals surface area contributed by atoms with Gasteiger partial charge in [-0.15, -0.1) is 0 Å². The minimum absolute atomic E-state index is 0.0834. The summed E-state index contributed by atoms with van der Waals surface area (Å²) in [6, 6.07) is 0. The number of aliphatic hydroxyl groups excluding tert-OH is 1. The number of carbonyl (C=O) groups is 5. The van der Waals surface area contributed by atoms with Gasteiger partial charge in [0.2, 0.25) is 0 Å². The highest BCUT2D eigenvalue weighted by molar-refractivity contribution is 6.13. The number of rotatable bonds is 15. The number of carbonyl (C=O) groups excluding carboxylic acids is 4. The van der Waals surface area contributed by atoms with Crippen LogP contribution in [-0.2, 0) is 33.4 Å². The maximum absolute atomic E-state index is 13.3. The number of Topliss-reactive ketones (excluding diaryl/α,β-unsaturated/α-hetero) is 1. The number of ether oxygens (including phenoxy) is 2. The van der Waals surface area contributed by atoms with E-state index in [2.05, 4.69) is 6.08 Å². The quantitative estimate of drug-likeness (QED) is 0.129. The van der Waals surface area contributed by atoms with Crippen LogP contribution in [0.25, 0.3) is 0 Å². The molecule has 9 heteroatoms. The number of allylic oxidation sites excluding steroid dienone is 5. The van der Waals surface area contributed by atoms with Crippen molar-refractivity contribution in [2.45, 2.75) is 96.7 Å². The topological polar surface area (TPSA) is 144 Å². The van der Waals surface area contributed by atoms with Gasteiger partial charge in [-0.3, -0.25) is 14.4 Å². The van der Waals surface area contributed by atoms with Crippen molar-refractivity contribution < 1.29 is 43.7 Å². The third-order valence-corrected chi connectivity index (χ3v) is 7.95. The van der Waals surface area contributed by atoms with Crippen molar-refractivity contribution in [1.82, 2.24) is 0 Å². The molecule has 0 aromatic carbocycles. The van der Waals surface area contributed by atoms with Crippen molar-refractivity contribution in [2.75, 3.05) is 0 Å². The SMILES string of the molecule is CC=CCCCCCC1C=C2CCC3=C(C(=O)OC3=O)C(C2OC(=O)CC(=O)O)C1CC(=O)C(O)CCC=CC. The molecule has 0 fully saturated rings. The molecule has 2 bridgehead atoms. The number of fused-ring (bicyclic) bond motifs is 3. The van der Waals surface area contributed by atoms with E-state index in [1.165, 1.54) is 0 Å². The van der Waals surface area contributed by atoms with Crippen molar-refractivity contribution in [3.05, 3.63) is 47.1 Å². The number of unbranched alkanes of at least 4 members (excludes halogenated alkanes) is 3. The molecular formula is C31H40O9. The van der Waals surface area contributed by atoms with Gasteiger partial charge in [-0.2, -0.15) is 0 Å². The van der Waals surface area contributed by atoms with Crippen LogP contribution in [0.5, 0.6) is 0 Å². The van der Waals surface area contributed by atoms with Crippen LogP contribution in [-0.4, -0.2) is 52.1 Å². The van der Waals surface area contributed by atoms with Gasteiger partial charge in [0.05, 0.1) is 5.57 Å². The zero-order chi connectivity index (χ0) is 29.2. The lowest BCUT2D eigenvalue weighted by Crippen LogP contribution is -2.44. The minimum Gasteiger partial charge on any atom is -0.481 e. The zero-order valence-electron chi connectivity index (χ0n) is 23.3. The fraction of sp³-hybridized carbons (Fsp3) is 0.581. The highest BCUT2D eigenvalue weighted by atomic mass is 16.6. The summed E-state index contributed by atoms with van der Waals surface area (Å²) < 4.78 is 10.6. The third-order valence-electron chi connectivity index (χ3n) is 7.95. The van der Waals surface area contributed by atoms with Gasteiger partial charge in [0, 0.05) is 17.9 Å². The Morgan fingerprint density at radius 3 is 2.48 bits per heavy atom. The molecule has 0 saturated carbocycles. The molecule has 0 saturated heterocycles. The van der Waals surface area contributed by atoms with Crippen molar-refractivity contribution >= 4 is 29.7 Å². The second-order valence-corrected chi connectivity index (χ2v) is 10.7. The molecule has 0 radical (unpaired) electrons. The first-order chi connectivity index (χ1) is 19.2. The van der Waals surface area contributed by atoms with E-state index in [0.717, 1.165) is 31.3 Å². The monoisotopic (exact) mass is 556 g/mol. The fourth-order valence-electron chi connectivity index (χ4n) is 6.05. The summed E-state index contributed by atoms with van der Waals surface area (Å²) in [5.41, 5.74) is 1.05. The Bertz CT molecular complexity index is 1110. The van der Waals surface area contributed by atoms with Crippen LogP contribution in [0.4, 0.5) is 0 Å². The Morgan fingerprint density at radius 1 is 1.05 bits per heavy atom. The summed E-state index contributed by atoms with van der Waals surface area (Å²) in [7, 11) is 0. The van der Waals surface area contributed by atoms with Gasteiger partial charge in [0.1, 0.15) is 18.6 Å². The van der Waals surface area contributed by atoms with Crippen molar-refractivity contribution in [1.29, 1.82) is 0 Å². The highest BCUT2D eigenvalue weighted by Gasteiger charge is 2.52. The Balaban J connectivity index is 1.98. The number of esters is 3. The van der Waals surface area contributed by atoms with Crippen LogP contribution in [0.3, 0.4) is 0 Å². The van der Waals surface area contributed by atoms with Crippen LogP contribution >= 0.6 is 0 Å². The molecule has 9 nitrogen and oxygen atoms in total. The Labute approximate surface area is 235 Å². The molecule has 5 unspecified atom stereocenters. The number of cyclic esters (lactones) is 2. The summed E-state index contributed by atoms with van der Waals surface area (Å²) in [6.45, 7) is 3.83. The van der Waals surface area contributed by atoms with Crippen molar-refractivity contribution in [2.24, 2.45) is 17.8 Å². The third kappa shape index (κ3) is 7.87. The van der Waals surface area contributed by atoms with E-state index in [-0.39, 0.29) is 42.1 Å². The molecule has 2 aliphatic carbocycles. The predicted molar refractivity (Wildman–Crippen MR) is 146 cm³/mol. The molecule has 2 N–H and O–H groups in total. The number of ketones is 1. The van der Waals surface area contributed by atoms with E-state index in [1.807, 2.05) is 38.2 Å². The molecule has 3 aliphatic rings. The normalized spacial score (nSPS) is 25.0.